The fourth-order valence-corrected chi connectivity index (χ4v) is 0.875. The second-order valence-electron chi connectivity index (χ2n) is 4.05. The van der Waals surface area contributed by atoms with Crippen LogP contribution in [0.3, 0.4) is 0 Å². The third kappa shape index (κ3) is 5.73. The van der Waals surface area contributed by atoms with E-state index >= 15 is 0 Å². The number of carbonyl (C=O) groups is 2. The van der Waals surface area contributed by atoms with Crippen LogP contribution in [0.15, 0.2) is 0 Å². The van der Waals surface area contributed by atoms with Crippen LogP contribution in [-0.2, 0) is 14.3 Å². The molecule has 0 aromatic rings. The van der Waals surface area contributed by atoms with Gasteiger partial charge < -0.3 is 4.74 Å². The maximum absolute atomic E-state index is 11.2. The van der Waals surface area contributed by atoms with Crippen LogP contribution in [0.5, 0.6) is 0 Å². The lowest BCUT2D eigenvalue weighted by atomic mass is 10.1. The van der Waals surface area contributed by atoms with E-state index in [9.17, 15) is 9.59 Å². The van der Waals surface area contributed by atoms with Crippen LogP contribution in [-0.4, -0.2) is 18.4 Å². The quantitative estimate of drug-likeness (QED) is 0.487. The van der Waals surface area contributed by atoms with Crippen LogP contribution in [0.1, 0.15) is 40.5 Å². The number of rotatable bonds is 6. The predicted octanol–water partition coefficient (Wildman–Crippen LogP) is 2.19. The van der Waals surface area contributed by atoms with Gasteiger partial charge in [-0.2, -0.15) is 0 Å². The number of carbonyl (C=O) groups excluding carboxylic acids is 2. The summed E-state index contributed by atoms with van der Waals surface area (Å²) in [5.74, 6) is 0.0270. The monoisotopic (exact) mass is 200 g/mol. The Balaban J connectivity index is 3.48. The van der Waals surface area contributed by atoms with Crippen molar-refractivity contribution in [1.82, 2.24) is 0 Å². The van der Waals surface area contributed by atoms with Gasteiger partial charge in [0.1, 0.15) is 5.78 Å². The van der Waals surface area contributed by atoms with Crippen molar-refractivity contribution in [2.24, 2.45) is 11.8 Å². The summed E-state index contributed by atoms with van der Waals surface area (Å²) in [6.07, 6.45) is 1.14. The molecule has 0 spiro atoms. The van der Waals surface area contributed by atoms with E-state index in [0.717, 1.165) is 0 Å². The third-order valence-corrected chi connectivity index (χ3v) is 1.93. The van der Waals surface area contributed by atoms with Gasteiger partial charge in [-0.15, -0.1) is 0 Å². The highest BCUT2D eigenvalue weighted by atomic mass is 16.5. The van der Waals surface area contributed by atoms with Crippen LogP contribution < -0.4 is 0 Å². The molecular formula is C11H20O3. The molecule has 0 radical (unpaired) electrons. The fourth-order valence-electron chi connectivity index (χ4n) is 0.875. The van der Waals surface area contributed by atoms with Gasteiger partial charge >= 0.3 is 5.97 Å². The first-order valence-electron chi connectivity index (χ1n) is 5.14. The molecule has 0 aliphatic rings. The topological polar surface area (TPSA) is 43.4 Å². The zero-order valence-electron chi connectivity index (χ0n) is 9.50. The maximum atomic E-state index is 11.2. The average molecular weight is 200 g/mol. The summed E-state index contributed by atoms with van der Waals surface area (Å²) >= 11 is 0. The molecule has 0 heterocycles. The molecule has 0 saturated heterocycles. The first kappa shape index (κ1) is 13.1. The van der Waals surface area contributed by atoms with Gasteiger partial charge in [-0.25, -0.2) is 0 Å². The average Bonchev–Trinajstić information content (AvgIpc) is 2.11. The zero-order valence-corrected chi connectivity index (χ0v) is 9.50. The van der Waals surface area contributed by atoms with Crippen molar-refractivity contribution in [3.8, 4) is 0 Å². The molecule has 14 heavy (non-hydrogen) atoms. The van der Waals surface area contributed by atoms with Crippen LogP contribution >= 0.6 is 0 Å². The Labute approximate surface area is 85.8 Å². The summed E-state index contributed by atoms with van der Waals surface area (Å²) in [6.45, 7) is 7.70. The molecule has 0 unspecified atom stereocenters. The van der Waals surface area contributed by atoms with Crippen LogP contribution in [0.2, 0.25) is 0 Å². The predicted molar refractivity (Wildman–Crippen MR) is 54.9 cm³/mol. The summed E-state index contributed by atoms with van der Waals surface area (Å²) in [7, 11) is 0. The molecule has 0 amide bonds. The van der Waals surface area contributed by atoms with Gasteiger partial charge in [0.2, 0.25) is 0 Å². The summed E-state index contributed by atoms with van der Waals surface area (Å²) < 4.78 is 4.94. The van der Waals surface area contributed by atoms with Crippen molar-refractivity contribution >= 4 is 11.8 Å². The number of esters is 1. The standard InChI is InChI=1S/C11H20O3/c1-8(2)10(12)6-5-7-14-11(13)9(3)4/h8-9H,5-7H2,1-4H3. The van der Waals surface area contributed by atoms with Crippen molar-refractivity contribution in [2.45, 2.75) is 40.5 Å². The second-order valence-corrected chi connectivity index (χ2v) is 4.05. The fraction of sp³-hybridized carbons (Fsp3) is 0.818. The number of hydrogen-bond acceptors (Lipinski definition) is 3. The van der Waals surface area contributed by atoms with Gasteiger partial charge in [-0.1, -0.05) is 27.7 Å². The molecule has 0 aromatic carbocycles. The van der Waals surface area contributed by atoms with Gasteiger partial charge in [0, 0.05) is 12.3 Å². The lowest BCUT2D eigenvalue weighted by Gasteiger charge is -2.07. The van der Waals surface area contributed by atoms with E-state index in [0.29, 0.717) is 19.4 Å². The van der Waals surface area contributed by atoms with E-state index in [-0.39, 0.29) is 23.6 Å². The van der Waals surface area contributed by atoms with Gasteiger partial charge in [-0.3, -0.25) is 9.59 Å². The minimum Gasteiger partial charge on any atom is -0.465 e. The van der Waals surface area contributed by atoms with Crippen molar-refractivity contribution in [3.05, 3.63) is 0 Å². The SMILES string of the molecule is CC(C)C(=O)CCCOC(=O)C(C)C. The molecular weight excluding hydrogens is 180 g/mol. The largest absolute Gasteiger partial charge is 0.465 e. The highest BCUT2D eigenvalue weighted by Gasteiger charge is 2.09. The Hall–Kier alpha value is -0.860. The number of hydrogen-bond donors (Lipinski definition) is 0. The smallest absolute Gasteiger partial charge is 0.308 e. The maximum Gasteiger partial charge on any atom is 0.308 e. The summed E-state index contributed by atoms with van der Waals surface area (Å²) in [6, 6.07) is 0. The Morgan fingerprint density at radius 1 is 1.07 bits per heavy atom. The molecule has 0 fully saturated rings. The molecule has 0 aliphatic heterocycles. The van der Waals surface area contributed by atoms with Crippen molar-refractivity contribution in [1.29, 1.82) is 0 Å². The Morgan fingerprint density at radius 2 is 1.64 bits per heavy atom. The van der Waals surface area contributed by atoms with E-state index in [2.05, 4.69) is 0 Å². The number of ketones is 1. The lowest BCUT2D eigenvalue weighted by Crippen LogP contribution is -2.14. The van der Waals surface area contributed by atoms with Crippen LogP contribution in [0.25, 0.3) is 0 Å². The first-order chi connectivity index (χ1) is 6.45. The Morgan fingerprint density at radius 3 is 2.07 bits per heavy atom. The molecule has 82 valence electrons. The summed E-state index contributed by atoms with van der Waals surface area (Å²) in [4.78, 5) is 22.2. The zero-order chi connectivity index (χ0) is 11.1. The molecule has 0 atom stereocenters. The summed E-state index contributed by atoms with van der Waals surface area (Å²) in [5, 5.41) is 0. The van der Waals surface area contributed by atoms with E-state index in [1.54, 1.807) is 13.8 Å². The van der Waals surface area contributed by atoms with Crippen LogP contribution in [0.4, 0.5) is 0 Å². The second kappa shape index (κ2) is 6.57. The summed E-state index contributed by atoms with van der Waals surface area (Å²) in [5.41, 5.74) is 0. The Bertz CT molecular complexity index is 173. The van der Waals surface area contributed by atoms with E-state index in [1.807, 2.05) is 13.8 Å². The van der Waals surface area contributed by atoms with Crippen molar-refractivity contribution in [3.63, 3.8) is 0 Å². The molecule has 0 N–H and O–H groups in total. The molecule has 0 saturated carbocycles. The van der Waals surface area contributed by atoms with E-state index in [1.165, 1.54) is 0 Å². The molecule has 0 aliphatic carbocycles. The van der Waals surface area contributed by atoms with Crippen LogP contribution in [0, 0.1) is 11.8 Å². The van der Waals surface area contributed by atoms with E-state index in [4.69, 9.17) is 4.74 Å². The van der Waals surface area contributed by atoms with E-state index < -0.39 is 0 Å². The highest BCUT2D eigenvalue weighted by Crippen LogP contribution is 2.03. The third-order valence-electron chi connectivity index (χ3n) is 1.93. The van der Waals surface area contributed by atoms with Gasteiger partial charge in [0.05, 0.1) is 12.5 Å². The Kier molecular flexibility index (Phi) is 6.17. The van der Waals surface area contributed by atoms with Gasteiger partial charge in [0.15, 0.2) is 0 Å². The molecule has 3 nitrogen and oxygen atoms in total. The highest BCUT2D eigenvalue weighted by molar-refractivity contribution is 5.80. The molecule has 3 heteroatoms. The van der Waals surface area contributed by atoms with Gasteiger partial charge in [0.25, 0.3) is 0 Å². The number of ether oxygens (including phenoxy) is 1. The van der Waals surface area contributed by atoms with Crippen molar-refractivity contribution < 1.29 is 14.3 Å². The first-order valence-corrected chi connectivity index (χ1v) is 5.14. The minimum atomic E-state index is -0.193. The van der Waals surface area contributed by atoms with Crippen molar-refractivity contribution in [2.75, 3.05) is 6.61 Å². The molecule has 0 bridgehead atoms. The molecule has 0 aromatic heterocycles. The molecule has 0 rings (SSSR count). The normalized spacial score (nSPS) is 10.7. The lowest BCUT2D eigenvalue weighted by molar-refractivity contribution is -0.147. The van der Waals surface area contributed by atoms with Gasteiger partial charge in [-0.05, 0) is 6.42 Å². The number of Topliss-reactive ketones (excluding diaryl/α,β-unsaturated/α-hetero) is 1. The minimum absolute atomic E-state index is 0.0794.